The molecule has 1 rings (SSSR count). The Kier molecular flexibility index (Phi) is 6.02. The maximum Gasteiger partial charge on any atom is 0.0396 e. The first-order chi connectivity index (χ1) is 6.65. The van der Waals surface area contributed by atoms with Gasteiger partial charge in [-0.15, -0.1) is 0 Å². The van der Waals surface area contributed by atoms with Gasteiger partial charge in [0.25, 0.3) is 0 Å². The molecular formula is C13H23N. The molecule has 0 amide bonds. The third-order valence-electron chi connectivity index (χ3n) is 2.10. The van der Waals surface area contributed by atoms with Crippen LogP contribution in [0.5, 0.6) is 0 Å². The summed E-state index contributed by atoms with van der Waals surface area (Å²) in [6, 6.07) is 6.62. The lowest BCUT2D eigenvalue weighted by molar-refractivity contribution is 1.06. The predicted molar refractivity (Wildman–Crippen MR) is 66.2 cm³/mol. The largest absolute Gasteiger partial charge is 0.377 e. The molecule has 0 saturated heterocycles. The lowest BCUT2D eigenvalue weighted by Crippen LogP contribution is -2.11. The third kappa shape index (κ3) is 3.41. The molecule has 0 atom stereocenters. The molecule has 0 aromatic heterocycles. The first-order valence-corrected chi connectivity index (χ1v) is 5.42. The highest BCUT2D eigenvalue weighted by molar-refractivity contribution is 5.54. The number of aryl methyl sites for hydroxylation is 2. The van der Waals surface area contributed by atoms with Crippen LogP contribution in [0.15, 0.2) is 18.2 Å². The van der Waals surface area contributed by atoms with Crippen LogP contribution in [0, 0.1) is 6.92 Å². The van der Waals surface area contributed by atoms with Crippen LogP contribution in [0.3, 0.4) is 0 Å². The predicted octanol–water partition coefficient (Wildman–Crippen LogP) is 3.65. The fourth-order valence-electron chi connectivity index (χ4n) is 1.39. The molecule has 0 bridgehead atoms. The fraction of sp³-hybridized carbons (Fsp3) is 0.538. The number of benzene rings is 1. The van der Waals surface area contributed by atoms with E-state index in [4.69, 9.17) is 0 Å². The van der Waals surface area contributed by atoms with Crippen LogP contribution >= 0.6 is 0 Å². The molecule has 1 aromatic carbocycles. The van der Waals surface area contributed by atoms with Crippen LogP contribution in [-0.4, -0.2) is 14.1 Å². The first kappa shape index (κ1) is 13.0. The van der Waals surface area contributed by atoms with Crippen LogP contribution < -0.4 is 4.90 Å². The van der Waals surface area contributed by atoms with Crippen molar-refractivity contribution in [3.05, 3.63) is 29.3 Å². The number of nitrogens with zero attached hydrogens (tertiary/aromatic N) is 1. The van der Waals surface area contributed by atoms with E-state index in [0.29, 0.717) is 0 Å². The van der Waals surface area contributed by atoms with Crippen LogP contribution in [0.25, 0.3) is 0 Å². The van der Waals surface area contributed by atoms with Crippen molar-refractivity contribution in [2.24, 2.45) is 0 Å². The Morgan fingerprint density at radius 2 is 1.71 bits per heavy atom. The molecule has 0 N–H and O–H groups in total. The van der Waals surface area contributed by atoms with E-state index in [2.05, 4.69) is 51.0 Å². The highest BCUT2D eigenvalue weighted by Gasteiger charge is 2.01. The molecule has 1 heteroatoms. The minimum Gasteiger partial charge on any atom is -0.377 e. The van der Waals surface area contributed by atoms with Crippen LogP contribution in [0.2, 0.25) is 0 Å². The second-order valence-electron chi connectivity index (χ2n) is 3.38. The molecule has 1 nitrogen and oxygen atoms in total. The Balaban J connectivity index is 0.000000791. The Labute approximate surface area is 88.8 Å². The molecule has 0 unspecified atom stereocenters. The molecular weight excluding hydrogens is 170 g/mol. The summed E-state index contributed by atoms with van der Waals surface area (Å²) in [6.07, 6.45) is 1.10. The van der Waals surface area contributed by atoms with Crippen LogP contribution in [0.4, 0.5) is 5.69 Å². The van der Waals surface area contributed by atoms with Gasteiger partial charge in [0.1, 0.15) is 0 Å². The molecule has 80 valence electrons. The number of rotatable bonds is 2. The number of hydrogen-bond acceptors (Lipinski definition) is 1. The Hall–Kier alpha value is -0.980. The molecule has 14 heavy (non-hydrogen) atoms. The van der Waals surface area contributed by atoms with Gasteiger partial charge in [0, 0.05) is 19.8 Å². The van der Waals surface area contributed by atoms with Gasteiger partial charge in [-0.25, -0.2) is 0 Å². The van der Waals surface area contributed by atoms with E-state index in [1.807, 2.05) is 13.8 Å². The SMILES string of the molecule is CC.CCc1ccc(C)cc1N(C)C. The van der Waals surface area contributed by atoms with E-state index < -0.39 is 0 Å². The van der Waals surface area contributed by atoms with Gasteiger partial charge in [-0.1, -0.05) is 32.9 Å². The number of hydrogen-bond donors (Lipinski definition) is 0. The summed E-state index contributed by atoms with van der Waals surface area (Å²) in [6.45, 7) is 8.32. The Bertz CT molecular complexity index is 264. The van der Waals surface area contributed by atoms with Crippen molar-refractivity contribution in [1.29, 1.82) is 0 Å². The fourth-order valence-corrected chi connectivity index (χ4v) is 1.39. The summed E-state index contributed by atoms with van der Waals surface area (Å²) in [5.74, 6) is 0. The molecule has 0 heterocycles. The van der Waals surface area contributed by atoms with Crippen molar-refractivity contribution < 1.29 is 0 Å². The summed E-state index contributed by atoms with van der Waals surface area (Å²) < 4.78 is 0. The van der Waals surface area contributed by atoms with E-state index in [9.17, 15) is 0 Å². The lowest BCUT2D eigenvalue weighted by atomic mass is 10.1. The molecule has 0 aliphatic rings. The van der Waals surface area contributed by atoms with Gasteiger partial charge >= 0.3 is 0 Å². The second-order valence-corrected chi connectivity index (χ2v) is 3.38. The molecule has 0 aliphatic heterocycles. The molecule has 0 saturated carbocycles. The smallest absolute Gasteiger partial charge is 0.0396 e. The zero-order valence-electron chi connectivity index (χ0n) is 10.4. The summed E-state index contributed by atoms with van der Waals surface area (Å²) in [5.41, 5.74) is 4.10. The topological polar surface area (TPSA) is 3.24 Å². The standard InChI is InChI=1S/C11H17N.C2H6/c1-5-10-7-6-9(2)8-11(10)12(3)4;1-2/h6-8H,5H2,1-4H3;1-2H3. The van der Waals surface area contributed by atoms with E-state index in [-0.39, 0.29) is 0 Å². The Morgan fingerprint density at radius 1 is 1.14 bits per heavy atom. The van der Waals surface area contributed by atoms with Crippen LogP contribution in [-0.2, 0) is 6.42 Å². The van der Waals surface area contributed by atoms with Gasteiger partial charge in [0.05, 0.1) is 0 Å². The lowest BCUT2D eigenvalue weighted by Gasteiger charge is -2.17. The van der Waals surface area contributed by atoms with Crippen molar-refractivity contribution >= 4 is 5.69 Å². The summed E-state index contributed by atoms with van der Waals surface area (Å²) >= 11 is 0. The molecule has 1 aromatic rings. The monoisotopic (exact) mass is 193 g/mol. The minimum absolute atomic E-state index is 1.10. The highest BCUT2D eigenvalue weighted by Crippen LogP contribution is 2.20. The molecule has 0 spiro atoms. The molecule has 0 aliphatic carbocycles. The van der Waals surface area contributed by atoms with Crippen molar-refractivity contribution in [2.75, 3.05) is 19.0 Å². The Morgan fingerprint density at radius 3 is 2.14 bits per heavy atom. The van der Waals surface area contributed by atoms with Gasteiger partial charge in [-0.2, -0.15) is 0 Å². The highest BCUT2D eigenvalue weighted by atomic mass is 15.1. The minimum atomic E-state index is 1.10. The average Bonchev–Trinajstić information content (AvgIpc) is 2.20. The second kappa shape index (κ2) is 6.47. The van der Waals surface area contributed by atoms with Gasteiger partial charge in [0.2, 0.25) is 0 Å². The summed E-state index contributed by atoms with van der Waals surface area (Å²) in [4.78, 5) is 2.17. The van der Waals surface area contributed by atoms with E-state index >= 15 is 0 Å². The maximum atomic E-state index is 2.23. The van der Waals surface area contributed by atoms with Crippen LogP contribution in [0.1, 0.15) is 31.9 Å². The van der Waals surface area contributed by atoms with Gasteiger partial charge in [-0.05, 0) is 30.5 Å². The molecule has 0 fully saturated rings. The van der Waals surface area contributed by atoms with Crippen molar-refractivity contribution in [1.82, 2.24) is 0 Å². The van der Waals surface area contributed by atoms with E-state index in [1.54, 1.807) is 0 Å². The van der Waals surface area contributed by atoms with Gasteiger partial charge in [0.15, 0.2) is 0 Å². The third-order valence-corrected chi connectivity index (χ3v) is 2.10. The summed E-state index contributed by atoms with van der Waals surface area (Å²) in [5, 5.41) is 0. The van der Waals surface area contributed by atoms with Crippen molar-refractivity contribution in [2.45, 2.75) is 34.1 Å². The molecule has 0 radical (unpaired) electrons. The normalized spacial score (nSPS) is 9.00. The van der Waals surface area contributed by atoms with Crippen molar-refractivity contribution in [3.8, 4) is 0 Å². The van der Waals surface area contributed by atoms with Crippen molar-refractivity contribution in [3.63, 3.8) is 0 Å². The summed E-state index contributed by atoms with van der Waals surface area (Å²) in [7, 11) is 4.18. The van der Waals surface area contributed by atoms with Gasteiger partial charge < -0.3 is 4.90 Å². The van der Waals surface area contributed by atoms with Gasteiger partial charge in [-0.3, -0.25) is 0 Å². The maximum absolute atomic E-state index is 2.23. The number of anilines is 1. The van der Waals surface area contributed by atoms with E-state index in [0.717, 1.165) is 6.42 Å². The zero-order chi connectivity index (χ0) is 11.1. The quantitative estimate of drug-likeness (QED) is 0.693. The first-order valence-electron chi connectivity index (χ1n) is 5.42. The average molecular weight is 193 g/mol. The zero-order valence-corrected chi connectivity index (χ0v) is 10.4. The van der Waals surface area contributed by atoms with E-state index in [1.165, 1.54) is 16.8 Å².